The van der Waals surface area contributed by atoms with E-state index in [2.05, 4.69) is 11.2 Å². The predicted octanol–water partition coefficient (Wildman–Crippen LogP) is 1.98. The van der Waals surface area contributed by atoms with Crippen LogP contribution in [0.4, 0.5) is 5.69 Å². The molecular formula is C18H20ClN4O2+. The van der Waals surface area contributed by atoms with Crippen molar-refractivity contribution in [2.24, 2.45) is 5.10 Å². The maximum Gasteiger partial charge on any atom is 0.270 e. The van der Waals surface area contributed by atoms with Crippen LogP contribution in [0.1, 0.15) is 11.1 Å². The lowest BCUT2D eigenvalue weighted by atomic mass is 10.2. The number of benzene rings is 2. The molecule has 0 spiro atoms. The van der Waals surface area contributed by atoms with Gasteiger partial charge in [-0.2, -0.15) is 5.10 Å². The van der Waals surface area contributed by atoms with Gasteiger partial charge in [0.25, 0.3) is 5.69 Å². The summed E-state index contributed by atoms with van der Waals surface area (Å²) >= 11 is 6.23. The van der Waals surface area contributed by atoms with Crippen molar-refractivity contribution in [3.05, 3.63) is 74.8 Å². The molecule has 1 saturated heterocycles. The van der Waals surface area contributed by atoms with Crippen molar-refractivity contribution in [1.29, 1.82) is 0 Å². The summed E-state index contributed by atoms with van der Waals surface area (Å²) in [5.74, 6) is 0. The van der Waals surface area contributed by atoms with Gasteiger partial charge in [0.05, 0.1) is 37.3 Å². The molecule has 0 radical (unpaired) electrons. The third kappa shape index (κ3) is 4.78. The summed E-state index contributed by atoms with van der Waals surface area (Å²) in [7, 11) is 0. The van der Waals surface area contributed by atoms with Crippen LogP contribution in [0.3, 0.4) is 0 Å². The number of quaternary nitrogens is 1. The molecule has 7 heteroatoms. The van der Waals surface area contributed by atoms with Crippen LogP contribution >= 0.6 is 11.6 Å². The summed E-state index contributed by atoms with van der Waals surface area (Å²) in [6.45, 7) is 4.59. The molecule has 1 heterocycles. The quantitative estimate of drug-likeness (QED) is 0.504. The molecule has 0 bridgehead atoms. The van der Waals surface area contributed by atoms with Crippen LogP contribution in [-0.4, -0.2) is 42.3 Å². The summed E-state index contributed by atoms with van der Waals surface area (Å²) in [5.41, 5.74) is 1.99. The average Bonchev–Trinajstić information content (AvgIpc) is 2.63. The van der Waals surface area contributed by atoms with Crippen molar-refractivity contribution in [1.82, 2.24) is 5.01 Å². The molecule has 6 nitrogen and oxygen atoms in total. The molecule has 1 aliphatic rings. The fourth-order valence-corrected chi connectivity index (χ4v) is 3.08. The van der Waals surface area contributed by atoms with E-state index in [0.717, 1.165) is 43.3 Å². The van der Waals surface area contributed by atoms with E-state index in [4.69, 9.17) is 11.6 Å². The molecule has 0 unspecified atom stereocenters. The summed E-state index contributed by atoms with van der Waals surface area (Å²) in [6, 6.07) is 14.5. The summed E-state index contributed by atoms with van der Waals surface area (Å²) in [5, 5.41) is 18.1. The number of hydrazone groups is 1. The zero-order chi connectivity index (χ0) is 17.6. The highest BCUT2D eigenvalue weighted by Gasteiger charge is 2.19. The largest absolute Gasteiger partial charge is 0.328 e. The van der Waals surface area contributed by atoms with E-state index in [1.54, 1.807) is 12.3 Å². The molecule has 1 aliphatic heterocycles. The Bertz CT molecular complexity index is 773. The lowest BCUT2D eigenvalue weighted by molar-refractivity contribution is -0.918. The van der Waals surface area contributed by atoms with Gasteiger partial charge < -0.3 is 4.90 Å². The minimum Gasteiger partial charge on any atom is -0.328 e. The molecule has 1 fully saturated rings. The Kier molecular flexibility index (Phi) is 5.63. The Morgan fingerprint density at radius 3 is 2.68 bits per heavy atom. The number of nitrogens with one attached hydrogen (secondary N) is 1. The van der Waals surface area contributed by atoms with Crippen LogP contribution in [-0.2, 0) is 6.54 Å². The second-order valence-electron chi connectivity index (χ2n) is 6.07. The minimum atomic E-state index is -0.395. The summed E-state index contributed by atoms with van der Waals surface area (Å²) < 4.78 is 0. The Morgan fingerprint density at radius 1 is 1.20 bits per heavy atom. The Labute approximate surface area is 151 Å². The first-order valence-corrected chi connectivity index (χ1v) is 8.60. The first-order chi connectivity index (χ1) is 12.1. The highest BCUT2D eigenvalue weighted by atomic mass is 35.5. The molecule has 1 N–H and O–H groups in total. The van der Waals surface area contributed by atoms with Crippen LogP contribution in [0.25, 0.3) is 0 Å². The predicted molar refractivity (Wildman–Crippen MR) is 98.1 cm³/mol. The third-order valence-electron chi connectivity index (χ3n) is 4.30. The van der Waals surface area contributed by atoms with Crippen molar-refractivity contribution in [3.8, 4) is 0 Å². The number of nitrogens with zero attached hydrogens (tertiary/aromatic N) is 3. The van der Waals surface area contributed by atoms with Crippen molar-refractivity contribution in [3.63, 3.8) is 0 Å². The van der Waals surface area contributed by atoms with Crippen LogP contribution in [0.2, 0.25) is 5.02 Å². The lowest BCUT2D eigenvalue weighted by Crippen LogP contribution is -3.13. The maximum atomic E-state index is 10.8. The van der Waals surface area contributed by atoms with E-state index < -0.39 is 4.92 Å². The van der Waals surface area contributed by atoms with Gasteiger partial charge in [0.1, 0.15) is 6.54 Å². The minimum absolute atomic E-state index is 0.0814. The van der Waals surface area contributed by atoms with Crippen LogP contribution in [0, 0.1) is 10.1 Å². The normalized spacial score (nSPS) is 15.6. The number of hydrogen-bond acceptors (Lipinski definition) is 4. The molecule has 25 heavy (non-hydrogen) atoms. The number of nitro groups is 1. The van der Waals surface area contributed by atoms with Crippen molar-refractivity contribution < 1.29 is 9.82 Å². The van der Waals surface area contributed by atoms with Gasteiger partial charge in [-0.15, -0.1) is 0 Å². The molecule has 0 amide bonds. The van der Waals surface area contributed by atoms with E-state index >= 15 is 0 Å². The van der Waals surface area contributed by atoms with E-state index in [-0.39, 0.29) is 5.69 Å². The zero-order valence-corrected chi connectivity index (χ0v) is 14.5. The van der Waals surface area contributed by atoms with Gasteiger partial charge in [0.15, 0.2) is 0 Å². The second kappa shape index (κ2) is 8.09. The smallest absolute Gasteiger partial charge is 0.270 e. The topological polar surface area (TPSA) is 63.2 Å². The van der Waals surface area contributed by atoms with Crippen LogP contribution in [0.15, 0.2) is 53.6 Å². The molecule has 0 aromatic heterocycles. The van der Waals surface area contributed by atoms with Gasteiger partial charge in [0.2, 0.25) is 0 Å². The third-order valence-corrected chi connectivity index (χ3v) is 4.67. The van der Waals surface area contributed by atoms with Gasteiger partial charge in [-0.05, 0) is 6.07 Å². The monoisotopic (exact) mass is 359 g/mol. The number of nitro benzene ring substituents is 1. The SMILES string of the molecule is O=[N+]([O-])c1cccc(/C=N/N2CC[NH+](Cc3ccccc3Cl)CC2)c1. The molecular weight excluding hydrogens is 340 g/mol. The van der Waals surface area contributed by atoms with Gasteiger partial charge in [-0.1, -0.05) is 41.9 Å². The summed E-state index contributed by atoms with van der Waals surface area (Å²) in [4.78, 5) is 11.9. The number of piperazine rings is 1. The number of non-ortho nitro benzene ring substituents is 1. The molecule has 0 atom stereocenters. The highest BCUT2D eigenvalue weighted by Crippen LogP contribution is 2.14. The van der Waals surface area contributed by atoms with Crippen molar-refractivity contribution in [2.45, 2.75) is 6.54 Å². The molecule has 0 saturated carbocycles. The van der Waals surface area contributed by atoms with E-state index in [1.165, 1.54) is 22.6 Å². The van der Waals surface area contributed by atoms with E-state index in [9.17, 15) is 10.1 Å². The fraction of sp³-hybridized carbons (Fsp3) is 0.278. The standard InChI is InChI=1S/C18H19ClN4O2/c19-18-7-2-1-5-16(18)14-21-8-10-22(11-9-21)20-13-15-4-3-6-17(12-15)23(24)25/h1-7,12-13H,8-11,14H2/p+1/b20-13+. The van der Waals surface area contributed by atoms with Gasteiger partial charge in [0, 0.05) is 28.3 Å². The Hall–Kier alpha value is -2.44. The molecule has 130 valence electrons. The van der Waals surface area contributed by atoms with Crippen LogP contribution < -0.4 is 4.90 Å². The van der Waals surface area contributed by atoms with Crippen LogP contribution in [0.5, 0.6) is 0 Å². The lowest BCUT2D eigenvalue weighted by Gasteiger charge is -2.30. The molecule has 3 rings (SSSR count). The van der Waals surface area contributed by atoms with Crippen molar-refractivity contribution >= 4 is 23.5 Å². The number of halogens is 1. The van der Waals surface area contributed by atoms with Gasteiger partial charge >= 0.3 is 0 Å². The van der Waals surface area contributed by atoms with Gasteiger partial charge in [-0.25, -0.2) is 0 Å². The zero-order valence-electron chi connectivity index (χ0n) is 13.8. The molecule has 2 aromatic carbocycles. The Morgan fingerprint density at radius 2 is 1.96 bits per heavy atom. The first kappa shape index (κ1) is 17.4. The highest BCUT2D eigenvalue weighted by molar-refractivity contribution is 6.31. The first-order valence-electron chi connectivity index (χ1n) is 8.22. The Balaban J connectivity index is 1.53. The average molecular weight is 360 g/mol. The molecule has 0 aliphatic carbocycles. The van der Waals surface area contributed by atoms with Crippen molar-refractivity contribution in [2.75, 3.05) is 26.2 Å². The number of hydrogen-bond donors (Lipinski definition) is 1. The van der Waals surface area contributed by atoms with E-state index in [1.807, 2.05) is 29.3 Å². The summed E-state index contributed by atoms with van der Waals surface area (Å²) in [6.07, 6.45) is 1.69. The maximum absolute atomic E-state index is 10.8. The second-order valence-corrected chi connectivity index (χ2v) is 6.48. The number of rotatable bonds is 5. The fourth-order valence-electron chi connectivity index (χ4n) is 2.88. The van der Waals surface area contributed by atoms with E-state index in [0.29, 0.717) is 0 Å². The molecule has 2 aromatic rings. The van der Waals surface area contributed by atoms with Gasteiger partial charge in [-0.3, -0.25) is 15.1 Å².